The highest BCUT2D eigenvalue weighted by Gasteiger charge is 2.22. The number of hydrogen-bond donors (Lipinski definition) is 1. The largest absolute Gasteiger partial charge is 0.306 e. The SMILES string of the molecule is C[C@@H]1CC[C@H](N[C@@H](C)c2ccccn2)C1. The molecule has 2 nitrogen and oxygen atoms in total. The van der Waals surface area contributed by atoms with Crippen molar-refractivity contribution in [1.29, 1.82) is 0 Å². The molecule has 1 heterocycles. The Morgan fingerprint density at radius 1 is 1.40 bits per heavy atom. The third kappa shape index (κ3) is 2.78. The molecule has 3 atom stereocenters. The quantitative estimate of drug-likeness (QED) is 0.819. The van der Waals surface area contributed by atoms with Gasteiger partial charge in [-0.25, -0.2) is 0 Å². The van der Waals surface area contributed by atoms with E-state index in [-0.39, 0.29) is 0 Å². The van der Waals surface area contributed by atoms with Crippen molar-refractivity contribution in [2.45, 2.75) is 45.2 Å². The lowest BCUT2D eigenvalue weighted by atomic mass is 10.1. The minimum atomic E-state index is 0.376. The van der Waals surface area contributed by atoms with Gasteiger partial charge >= 0.3 is 0 Å². The first kappa shape index (κ1) is 10.6. The molecule has 1 fully saturated rings. The van der Waals surface area contributed by atoms with Gasteiger partial charge in [0.2, 0.25) is 0 Å². The molecule has 2 rings (SSSR count). The summed E-state index contributed by atoms with van der Waals surface area (Å²) in [6, 6.07) is 7.18. The van der Waals surface area contributed by atoms with Gasteiger partial charge in [0.15, 0.2) is 0 Å². The average Bonchev–Trinajstić information content (AvgIpc) is 2.65. The molecule has 1 N–H and O–H groups in total. The molecule has 1 aromatic heterocycles. The van der Waals surface area contributed by atoms with Crippen LogP contribution < -0.4 is 5.32 Å². The number of pyridine rings is 1. The number of nitrogens with zero attached hydrogens (tertiary/aromatic N) is 1. The molecule has 0 aromatic carbocycles. The van der Waals surface area contributed by atoms with Gasteiger partial charge in [-0.15, -0.1) is 0 Å². The number of hydrogen-bond acceptors (Lipinski definition) is 2. The Morgan fingerprint density at radius 2 is 2.27 bits per heavy atom. The summed E-state index contributed by atoms with van der Waals surface area (Å²) in [5.41, 5.74) is 1.15. The minimum Gasteiger partial charge on any atom is -0.306 e. The van der Waals surface area contributed by atoms with Crippen LogP contribution in [0.3, 0.4) is 0 Å². The molecule has 1 aliphatic carbocycles. The number of nitrogens with one attached hydrogen (secondary N) is 1. The van der Waals surface area contributed by atoms with Crippen molar-refractivity contribution >= 4 is 0 Å². The molecule has 0 amide bonds. The zero-order chi connectivity index (χ0) is 10.7. The zero-order valence-electron chi connectivity index (χ0n) is 9.61. The van der Waals surface area contributed by atoms with Crippen molar-refractivity contribution < 1.29 is 0 Å². The average molecular weight is 204 g/mol. The maximum absolute atomic E-state index is 4.38. The van der Waals surface area contributed by atoms with Gasteiger partial charge in [0, 0.05) is 18.3 Å². The molecule has 82 valence electrons. The molecule has 0 aliphatic heterocycles. The summed E-state index contributed by atoms with van der Waals surface area (Å²) in [5.74, 6) is 0.887. The first-order valence-electron chi connectivity index (χ1n) is 5.92. The maximum Gasteiger partial charge on any atom is 0.0570 e. The van der Waals surface area contributed by atoms with E-state index in [0.717, 1.165) is 11.6 Å². The summed E-state index contributed by atoms with van der Waals surface area (Å²) < 4.78 is 0. The van der Waals surface area contributed by atoms with Gasteiger partial charge in [0.05, 0.1) is 5.69 Å². The highest BCUT2D eigenvalue weighted by Crippen LogP contribution is 2.26. The van der Waals surface area contributed by atoms with Gasteiger partial charge in [-0.2, -0.15) is 0 Å². The van der Waals surface area contributed by atoms with E-state index in [1.807, 2.05) is 12.3 Å². The molecule has 0 saturated heterocycles. The van der Waals surface area contributed by atoms with Crippen molar-refractivity contribution in [3.05, 3.63) is 30.1 Å². The van der Waals surface area contributed by atoms with Gasteiger partial charge in [-0.3, -0.25) is 4.98 Å². The van der Waals surface area contributed by atoms with Crippen molar-refractivity contribution in [3.8, 4) is 0 Å². The Bertz CT molecular complexity index is 297. The lowest BCUT2D eigenvalue weighted by Gasteiger charge is -2.18. The van der Waals surface area contributed by atoms with E-state index in [9.17, 15) is 0 Å². The van der Waals surface area contributed by atoms with Gasteiger partial charge in [0.25, 0.3) is 0 Å². The smallest absolute Gasteiger partial charge is 0.0570 e. The first-order valence-corrected chi connectivity index (χ1v) is 5.92. The predicted molar refractivity (Wildman–Crippen MR) is 62.6 cm³/mol. The summed E-state index contributed by atoms with van der Waals surface area (Å²) in [6.07, 6.45) is 5.87. The van der Waals surface area contributed by atoms with E-state index >= 15 is 0 Å². The van der Waals surface area contributed by atoms with Crippen LogP contribution in [0.25, 0.3) is 0 Å². The van der Waals surface area contributed by atoms with E-state index in [2.05, 4.69) is 36.3 Å². The molecule has 2 heteroatoms. The molecule has 1 aromatic rings. The van der Waals surface area contributed by atoms with Crippen molar-refractivity contribution in [2.75, 3.05) is 0 Å². The van der Waals surface area contributed by atoms with E-state index in [0.29, 0.717) is 12.1 Å². The summed E-state index contributed by atoms with van der Waals surface area (Å²) in [7, 11) is 0. The van der Waals surface area contributed by atoms with Crippen LogP contribution in [0.2, 0.25) is 0 Å². The Balaban J connectivity index is 1.90. The second kappa shape index (κ2) is 4.75. The molecule has 1 aliphatic rings. The van der Waals surface area contributed by atoms with Gasteiger partial charge in [-0.05, 0) is 44.2 Å². The van der Waals surface area contributed by atoms with E-state index in [1.165, 1.54) is 19.3 Å². The van der Waals surface area contributed by atoms with Gasteiger partial charge in [0.1, 0.15) is 0 Å². The Morgan fingerprint density at radius 3 is 2.87 bits per heavy atom. The first-order chi connectivity index (χ1) is 7.25. The van der Waals surface area contributed by atoms with Crippen LogP contribution in [-0.2, 0) is 0 Å². The van der Waals surface area contributed by atoms with Crippen molar-refractivity contribution in [3.63, 3.8) is 0 Å². The fraction of sp³-hybridized carbons (Fsp3) is 0.615. The lowest BCUT2D eigenvalue weighted by Crippen LogP contribution is -2.29. The van der Waals surface area contributed by atoms with Crippen molar-refractivity contribution in [2.24, 2.45) is 5.92 Å². The Hall–Kier alpha value is -0.890. The second-order valence-electron chi connectivity index (χ2n) is 4.76. The molecule has 0 radical (unpaired) electrons. The van der Waals surface area contributed by atoms with Crippen molar-refractivity contribution in [1.82, 2.24) is 10.3 Å². The zero-order valence-corrected chi connectivity index (χ0v) is 9.61. The Kier molecular flexibility index (Phi) is 3.37. The molecular weight excluding hydrogens is 184 g/mol. The Labute approximate surface area is 92.1 Å². The van der Waals surface area contributed by atoms with Crippen LogP contribution in [0.4, 0.5) is 0 Å². The summed E-state index contributed by atoms with van der Waals surface area (Å²) >= 11 is 0. The molecular formula is C13H20N2. The van der Waals surface area contributed by atoms with Crippen LogP contribution >= 0.6 is 0 Å². The third-order valence-electron chi connectivity index (χ3n) is 3.31. The van der Waals surface area contributed by atoms with E-state index < -0.39 is 0 Å². The van der Waals surface area contributed by atoms with Gasteiger partial charge in [-0.1, -0.05) is 13.0 Å². The van der Waals surface area contributed by atoms with Crippen LogP contribution in [-0.4, -0.2) is 11.0 Å². The van der Waals surface area contributed by atoms with Crippen LogP contribution in [0.1, 0.15) is 44.8 Å². The normalized spacial score (nSPS) is 27.9. The molecule has 0 bridgehead atoms. The predicted octanol–water partition coefficient (Wildman–Crippen LogP) is 2.92. The fourth-order valence-electron chi connectivity index (χ4n) is 2.43. The number of aromatic nitrogens is 1. The molecule has 0 unspecified atom stereocenters. The second-order valence-corrected chi connectivity index (χ2v) is 4.76. The maximum atomic E-state index is 4.38. The highest BCUT2D eigenvalue weighted by molar-refractivity contribution is 5.08. The summed E-state index contributed by atoms with van der Waals surface area (Å²) in [6.45, 7) is 4.54. The van der Waals surface area contributed by atoms with Crippen LogP contribution in [0.5, 0.6) is 0 Å². The monoisotopic (exact) mass is 204 g/mol. The van der Waals surface area contributed by atoms with E-state index in [1.54, 1.807) is 0 Å². The number of rotatable bonds is 3. The van der Waals surface area contributed by atoms with Crippen LogP contribution in [0, 0.1) is 5.92 Å². The minimum absolute atomic E-state index is 0.376. The summed E-state index contributed by atoms with van der Waals surface area (Å²) in [4.78, 5) is 4.38. The summed E-state index contributed by atoms with van der Waals surface area (Å²) in [5, 5.41) is 3.66. The fourth-order valence-corrected chi connectivity index (χ4v) is 2.43. The topological polar surface area (TPSA) is 24.9 Å². The third-order valence-corrected chi connectivity index (χ3v) is 3.31. The highest BCUT2D eigenvalue weighted by atomic mass is 15.0. The van der Waals surface area contributed by atoms with Crippen LogP contribution in [0.15, 0.2) is 24.4 Å². The standard InChI is InChI=1S/C13H20N2/c1-10-6-7-12(9-10)15-11(2)13-5-3-4-8-14-13/h3-5,8,10-12,15H,6-7,9H2,1-2H3/t10-,11+,12+/m1/s1. The lowest BCUT2D eigenvalue weighted by molar-refractivity contribution is 0.443. The van der Waals surface area contributed by atoms with Gasteiger partial charge < -0.3 is 5.32 Å². The van der Waals surface area contributed by atoms with E-state index in [4.69, 9.17) is 0 Å². The molecule has 15 heavy (non-hydrogen) atoms. The molecule has 0 spiro atoms. The molecule has 1 saturated carbocycles.